The number of ether oxygens (including phenoxy) is 2. The first kappa shape index (κ1) is 38.7. The number of fused-ring (bicyclic) bond motifs is 1. The van der Waals surface area contributed by atoms with Crippen LogP contribution in [0.4, 0.5) is 17.1 Å². The van der Waals surface area contributed by atoms with Crippen LogP contribution in [0.1, 0.15) is 84.8 Å². The largest absolute Gasteiger partial charge is 0.455 e. The van der Waals surface area contributed by atoms with Crippen LogP contribution in [0.3, 0.4) is 0 Å². The predicted molar refractivity (Wildman–Crippen MR) is 227 cm³/mol. The van der Waals surface area contributed by atoms with E-state index in [2.05, 4.69) is 54.1 Å². The summed E-state index contributed by atoms with van der Waals surface area (Å²) in [6.45, 7) is 4.68. The van der Waals surface area contributed by atoms with E-state index in [1.807, 2.05) is 12.1 Å². The summed E-state index contributed by atoms with van der Waals surface area (Å²) < 4.78 is 41.2. The van der Waals surface area contributed by atoms with Crippen LogP contribution in [0.2, 0.25) is 0 Å². The molecular weight excluding hydrogens is 783 g/mol. The lowest BCUT2D eigenvalue weighted by Gasteiger charge is -2.62. The fourth-order valence-corrected chi connectivity index (χ4v) is 11.0. The Kier molecular flexibility index (Phi) is 10.00. The number of aromatic amines is 1. The summed E-state index contributed by atoms with van der Waals surface area (Å²) in [5, 5.41) is 16.0. The minimum atomic E-state index is -4.53. The van der Waals surface area contributed by atoms with E-state index >= 15 is 0 Å². The van der Waals surface area contributed by atoms with Crippen molar-refractivity contribution in [2.24, 2.45) is 11.3 Å². The summed E-state index contributed by atoms with van der Waals surface area (Å²) in [7, 11) is -4.53. The number of likely N-dealkylation sites (tertiary alicyclic amines) is 1. The number of H-pyrrole nitrogens is 1. The number of carbonyl (C=O) groups is 1. The highest BCUT2D eigenvalue weighted by molar-refractivity contribution is 7.90. The third-order valence-corrected chi connectivity index (χ3v) is 14.7. The maximum atomic E-state index is 13.9. The molecule has 1 atom stereocenters. The van der Waals surface area contributed by atoms with Crippen LogP contribution >= 0.6 is 0 Å². The van der Waals surface area contributed by atoms with Crippen LogP contribution in [0, 0.1) is 21.4 Å². The highest BCUT2D eigenvalue weighted by Gasteiger charge is 2.55. The van der Waals surface area contributed by atoms with Gasteiger partial charge in [0.25, 0.3) is 21.6 Å². The second kappa shape index (κ2) is 15.5. The lowest BCUT2D eigenvalue weighted by atomic mass is 9.60. The predicted octanol–water partition coefficient (Wildman–Crippen LogP) is 7.90. The van der Waals surface area contributed by atoms with Crippen molar-refractivity contribution in [3.05, 3.63) is 112 Å². The second-order valence-electron chi connectivity index (χ2n) is 17.4. The third kappa shape index (κ3) is 7.58. The number of amides is 1. The van der Waals surface area contributed by atoms with Crippen molar-refractivity contribution < 1.29 is 27.6 Å². The van der Waals surface area contributed by atoms with E-state index in [0.717, 1.165) is 68.4 Å². The molecule has 1 spiro atoms. The zero-order valence-electron chi connectivity index (χ0n) is 33.3. The van der Waals surface area contributed by atoms with Crippen molar-refractivity contribution in [1.29, 1.82) is 0 Å². The monoisotopic (exact) mass is 831 g/mol. The third-order valence-electron chi connectivity index (χ3n) is 13.3. The Hall–Kier alpha value is -5.51. The molecule has 312 valence electrons. The van der Waals surface area contributed by atoms with Gasteiger partial charge in [-0.2, -0.15) is 0 Å². The zero-order chi connectivity index (χ0) is 41.0. The summed E-state index contributed by atoms with van der Waals surface area (Å²) in [6, 6.07) is 22.6. The van der Waals surface area contributed by atoms with Crippen LogP contribution < -0.4 is 19.7 Å². The zero-order valence-corrected chi connectivity index (χ0v) is 34.2. The number of nitro groups is 1. The number of hydrogen-bond acceptors (Lipinski definition) is 11. The number of benzene rings is 3. The number of carbonyl (C=O) groups excluding carboxylic acids is 1. The van der Waals surface area contributed by atoms with Crippen LogP contribution in [0.5, 0.6) is 11.5 Å². The van der Waals surface area contributed by atoms with Gasteiger partial charge in [0, 0.05) is 79.7 Å². The molecule has 5 aromatic rings. The Morgan fingerprint density at radius 1 is 0.983 bits per heavy atom. The molecule has 5 fully saturated rings. The van der Waals surface area contributed by atoms with Gasteiger partial charge in [-0.3, -0.25) is 19.8 Å². The van der Waals surface area contributed by atoms with E-state index in [0.29, 0.717) is 43.2 Å². The molecule has 60 heavy (non-hydrogen) atoms. The van der Waals surface area contributed by atoms with E-state index in [9.17, 15) is 23.3 Å². The molecule has 15 heteroatoms. The Morgan fingerprint density at radius 3 is 2.57 bits per heavy atom. The molecule has 5 heterocycles. The number of pyridine rings is 1. The minimum Gasteiger partial charge on any atom is -0.455 e. The van der Waals surface area contributed by atoms with Crippen molar-refractivity contribution in [1.82, 2.24) is 19.6 Å². The van der Waals surface area contributed by atoms with Crippen molar-refractivity contribution in [2.75, 3.05) is 49.6 Å². The molecular formula is C45H49N7O7S. The molecule has 1 amide bonds. The first-order valence-electron chi connectivity index (χ1n) is 21.1. The van der Waals surface area contributed by atoms with Gasteiger partial charge in [-0.15, -0.1) is 0 Å². The molecule has 2 aliphatic carbocycles. The Labute approximate surface area is 348 Å². The molecule has 14 nitrogen and oxygen atoms in total. The molecule has 3 aromatic carbocycles. The summed E-state index contributed by atoms with van der Waals surface area (Å²) in [6.07, 6.45) is 12.3. The molecule has 0 radical (unpaired) electrons. The number of anilines is 2. The molecule has 0 bridgehead atoms. The number of nitrogens with one attached hydrogen (secondary N) is 3. The molecule has 10 rings (SSSR count). The quantitative estimate of drug-likeness (QED) is 0.0778. The van der Waals surface area contributed by atoms with Crippen molar-refractivity contribution in [3.63, 3.8) is 0 Å². The Bertz CT molecular complexity index is 2560. The summed E-state index contributed by atoms with van der Waals surface area (Å²) in [5.74, 6) is 0.627. The van der Waals surface area contributed by atoms with E-state index in [4.69, 9.17) is 9.47 Å². The smallest absolute Gasteiger partial charge is 0.293 e. The maximum absolute atomic E-state index is 13.9. The van der Waals surface area contributed by atoms with Gasteiger partial charge in [-0.05, 0) is 117 Å². The van der Waals surface area contributed by atoms with Gasteiger partial charge in [0.1, 0.15) is 22.8 Å². The highest BCUT2D eigenvalue weighted by Crippen LogP contribution is 2.55. The first-order chi connectivity index (χ1) is 29.1. The summed E-state index contributed by atoms with van der Waals surface area (Å²) in [5.41, 5.74) is 4.67. The normalized spacial score (nSPS) is 20.8. The number of aromatic nitrogens is 2. The standard InChI is InChI=1S/C45H49N7O7S/c53-44(49-60(56,57)35-10-12-39(41(22-35)52(54)55)47-25-29-14-18-58-19-15-29)38-11-9-32(21-42(38)59-34-20-31-13-16-46-43(31)48-26-34)50-27-45(28-50)23-33(24-45)51-17-3-6-40(51)37-5-2-1-4-36(37)30-7-8-30/h1-2,4-5,9-13,16,20-22,26,29-30,33,40,47H,3,6-8,14-15,17-19,23-25,27-28H2,(H,46,48)(H,49,53). The number of rotatable bonds is 13. The molecule has 2 aromatic heterocycles. The van der Waals surface area contributed by atoms with Crippen LogP contribution in [0.15, 0.2) is 90.1 Å². The number of nitro benzene ring substituents is 1. The van der Waals surface area contributed by atoms with Gasteiger partial charge in [0.15, 0.2) is 0 Å². The van der Waals surface area contributed by atoms with Crippen molar-refractivity contribution >= 4 is 44.0 Å². The topological polar surface area (TPSA) is 172 Å². The summed E-state index contributed by atoms with van der Waals surface area (Å²) >= 11 is 0. The molecule has 3 N–H and O–H groups in total. The number of sulfonamides is 1. The fraction of sp³-hybridized carbons (Fsp3) is 0.422. The minimum absolute atomic E-state index is 0.00811. The van der Waals surface area contributed by atoms with E-state index in [1.165, 1.54) is 43.4 Å². The number of hydrogen-bond donors (Lipinski definition) is 3. The average molecular weight is 832 g/mol. The molecule has 3 saturated heterocycles. The Morgan fingerprint density at radius 2 is 1.78 bits per heavy atom. The van der Waals surface area contributed by atoms with Gasteiger partial charge in [0.05, 0.1) is 21.6 Å². The molecule has 1 unspecified atom stereocenters. The van der Waals surface area contributed by atoms with Crippen LogP contribution in [0.25, 0.3) is 11.0 Å². The van der Waals surface area contributed by atoms with Crippen LogP contribution in [-0.4, -0.2) is 79.6 Å². The van der Waals surface area contributed by atoms with E-state index in [-0.39, 0.29) is 28.3 Å². The van der Waals surface area contributed by atoms with Gasteiger partial charge < -0.3 is 24.7 Å². The Balaban J connectivity index is 0.850. The van der Waals surface area contributed by atoms with E-state index in [1.54, 1.807) is 36.2 Å². The van der Waals surface area contributed by atoms with Crippen molar-refractivity contribution in [3.8, 4) is 11.5 Å². The van der Waals surface area contributed by atoms with Gasteiger partial charge in [-0.25, -0.2) is 18.1 Å². The van der Waals surface area contributed by atoms with Gasteiger partial charge in [-0.1, -0.05) is 24.3 Å². The van der Waals surface area contributed by atoms with E-state index < -0.39 is 31.4 Å². The molecule has 5 aliphatic rings. The highest BCUT2D eigenvalue weighted by atomic mass is 32.2. The summed E-state index contributed by atoms with van der Waals surface area (Å²) in [4.78, 5) is 37.5. The van der Waals surface area contributed by atoms with Crippen molar-refractivity contribution in [2.45, 2.75) is 74.3 Å². The van der Waals surface area contributed by atoms with Crippen LogP contribution in [-0.2, 0) is 14.8 Å². The molecule has 3 aliphatic heterocycles. The second-order valence-corrected chi connectivity index (χ2v) is 19.1. The first-order valence-corrected chi connectivity index (χ1v) is 22.6. The molecule has 2 saturated carbocycles. The van der Waals surface area contributed by atoms with Gasteiger partial charge >= 0.3 is 0 Å². The lowest BCUT2D eigenvalue weighted by Crippen LogP contribution is -2.66. The fourth-order valence-electron chi connectivity index (χ4n) is 10.0. The lowest BCUT2D eigenvalue weighted by molar-refractivity contribution is -0.384. The van der Waals surface area contributed by atoms with Gasteiger partial charge in [0.2, 0.25) is 0 Å². The maximum Gasteiger partial charge on any atom is 0.293 e. The average Bonchev–Trinajstić information content (AvgIpc) is 3.77. The number of nitrogens with zero attached hydrogens (tertiary/aromatic N) is 4. The SMILES string of the molecule is O=C(NS(=O)(=O)c1ccc(NCC2CCOCC2)c([N+](=O)[O-])c1)c1ccc(N2CC3(CC(N4CCCC4c4ccccc4C4CC4)C3)C2)cc1Oc1cnc2[nH]ccc2c1.